The summed E-state index contributed by atoms with van der Waals surface area (Å²) in [5, 5.41) is 0. The molecule has 5 nitrogen and oxygen atoms in total. The molecule has 2 rings (SSSR count). The summed E-state index contributed by atoms with van der Waals surface area (Å²) in [5.74, 6) is -0.586. The monoisotopic (exact) mass is 316 g/mol. The first-order valence-electron chi connectivity index (χ1n) is 6.57. The number of benzene rings is 2. The van der Waals surface area contributed by atoms with Crippen molar-refractivity contribution in [1.82, 2.24) is 4.31 Å². The number of amidine groups is 1. The highest BCUT2D eigenvalue weighted by molar-refractivity contribution is 7.89. The van der Waals surface area contributed by atoms with Crippen LogP contribution in [-0.2, 0) is 10.0 Å². The van der Waals surface area contributed by atoms with Crippen molar-refractivity contribution in [2.24, 2.45) is 4.99 Å². The van der Waals surface area contributed by atoms with Crippen molar-refractivity contribution < 1.29 is 13.2 Å². The van der Waals surface area contributed by atoms with E-state index in [1.165, 1.54) is 7.05 Å². The summed E-state index contributed by atoms with van der Waals surface area (Å²) >= 11 is 0. The number of carbonyl (C=O) groups is 1. The molecule has 0 fully saturated rings. The standard InChI is InChI=1S/C16H16N2O3S/c1-18(22(2,20)21)16(17-14-11-7-4-8-12-14)15(19)13-9-5-3-6-10-13/h3-12H,1-2H3. The molecule has 0 N–H and O–H groups in total. The third-order valence-electron chi connectivity index (χ3n) is 3.03. The van der Waals surface area contributed by atoms with E-state index in [0.29, 0.717) is 11.3 Å². The minimum atomic E-state index is -3.59. The van der Waals surface area contributed by atoms with E-state index in [-0.39, 0.29) is 5.84 Å². The van der Waals surface area contributed by atoms with Gasteiger partial charge in [-0.15, -0.1) is 0 Å². The molecule has 0 atom stereocenters. The highest BCUT2D eigenvalue weighted by Gasteiger charge is 2.24. The Labute approximate surface area is 130 Å². The summed E-state index contributed by atoms with van der Waals surface area (Å²) < 4.78 is 24.5. The number of Topliss-reactive ketones (excluding diaryl/α,β-unsaturated/α-hetero) is 1. The van der Waals surface area contributed by atoms with Crippen molar-refractivity contribution in [2.75, 3.05) is 13.3 Å². The lowest BCUT2D eigenvalue weighted by molar-refractivity contribution is 0.105. The van der Waals surface area contributed by atoms with Crippen LogP contribution in [0, 0.1) is 0 Å². The maximum atomic E-state index is 12.6. The second-order valence-corrected chi connectivity index (χ2v) is 6.71. The summed E-state index contributed by atoms with van der Waals surface area (Å²) in [6, 6.07) is 17.2. The van der Waals surface area contributed by atoms with Crippen LogP contribution in [0.3, 0.4) is 0 Å². The van der Waals surface area contributed by atoms with Crippen LogP contribution >= 0.6 is 0 Å². The fraction of sp³-hybridized carbons (Fsp3) is 0.125. The zero-order valence-electron chi connectivity index (χ0n) is 12.3. The lowest BCUT2D eigenvalue weighted by Gasteiger charge is -2.18. The van der Waals surface area contributed by atoms with Crippen LogP contribution in [0.1, 0.15) is 10.4 Å². The van der Waals surface area contributed by atoms with Gasteiger partial charge >= 0.3 is 0 Å². The van der Waals surface area contributed by atoms with E-state index in [4.69, 9.17) is 0 Å². The van der Waals surface area contributed by atoms with E-state index >= 15 is 0 Å². The number of hydrogen-bond donors (Lipinski definition) is 0. The summed E-state index contributed by atoms with van der Waals surface area (Å²) in [6.07, 6.45) is 1.03. The molecular formula is C16H16N2O3S. The first kappa shape index (κ1) is 15.9. The number of ketones is 1. The second kappa shape index (κ2) is 6.53. The SMILES string of the molecule is CN(C(=Nc1ccccc1)C(=O)c1ccccc1)S(C)(=O)=O. The quantitative estimate of drug-likeness (QED) is 0.494. The molecule has 0 aliphatic rings. The van der Waals surface area contributed by atoms with Gasteiger partial charge in [0.05, 0.1) is 11.9 Å². The molecule has 22 heavy (non-hydrogen) atoms. The van der Waals surface area contributed by atoms with Gasteiger partial charge in [-0.3, -0.25) is 9.10 Å². The predicted octanol–water partition coefficient (Wildman–Crippen LogP) is 2.49. The highest BCUT2D eigenvalue weighted by atomic mass is 32.2. The Hall–Kier alpha value is -2.47. The van der Waals surface area contributed by atoms with Crippen LogP contribution in [0.4, 0.5) is 5.69 Å². The minimum Gasteiger partial charge on any atom is -0.285 e. The Morgan fingerprint density at radius 1 is 0.955 bits per heavy atom. The van der Waals surface area contributed by atoms with Crippen LogP contribution in [0.5, 0.6) is 0 Å². The number of nitrogens with zero attached hydrogens (tertiary/aromatic N) is 2. The van der Waals surface area contributed by atoms with Crippen LogP contribution in [0.2, 0.25) is 0 Å². The van der Waals surface area contributed by atoms with Crippen molar-refractivity contribution >= 4 is 27.3 Å². The molecule has 2 aromatic rings. The average Bonchev–Trinajstić information content (AvgIpc) is 2.52. The third kappa shape index (κ3) is 3.79. The van der Waals surface area contributed by atoms with Crippen LogP contribution in [0.25, 0.3) is 0 Å². The largest absolute Gasteiger partial charge is 0.285 e. The molecule has 0 saturated carbocycles. The second-order valence-electron chi connectivity index (χ2n) is 4.70. The predicted molar refractivity (Wildman–Crippen MR) is 86.9 cm³/mol. The first-order chi connectivity index (χ1) is 10.4. The van der Waals surface area contributed by atoms with Gasteiger partial charge < -0.3 is 0 Å². The van der Waals surface area contributed by atoms with Gasteiger partial charge in [0.1, 0.15) is 0 Å². The van der Waals surface area contributed by atoms with Crippen molar-refractivity contribution in [2.45, 2.75) is 0 Å². The van der Waals surface area contributed by atoms with Gasteiger partial charge in [0.25, 0.3) is 0 Å². The first-order valence-corrected chi connectivity index (χ1v) is 8.42. The molecule has 0 saturated heterocycles. The van der Waals surface area contributed by atoms with E-state index < -0.39 is 15.8 Å². The topological polar surface area (TPSA) is 66.8 Å². The molecule has 114 valence electrons. The number of likely N-dealkylation sites (N-methyl/N-ethyl adjacent to an activating group) is 1. The molecule has 0 amide bonds. The lowest BCUT2D eigenvalue weighted by Crippen LogP contribution is -2.37. The van der Waals surface area contributed by atoms with Gasteiger partial charge in [-0.1, -0.05) is 48.5 Å². The number of hydrogen-bond acceptors (Lipinski definition) is 4. The highest BCUT2D eigenvalue weighted by Crippen LogP contribution is 2.14. The van der Waals surface area contributed by atoms with Crippen LogP contribution in [-0.4, -0.2) is 37.6 Å². The molecule has 0 aliphatic heterocycles. The molecule has 2 aromatic carbocycles. The molecule has 0 aliphatic carbocycles. The third-order valence-corrected chi connectivity index (χ3v) is 4.19. The van der Waals surface area contributed by atoms with Gasteiger partial charge in [0.2, 0.25) is 15.8 Å². The van der Waals surface area contributed by atoms with Gasteiger partial charge in [-0.05, 0) is 12.1 Å². The summed E-state index contributed by atoms with van der Waals surface area (Å²) in [6.45, 7) is 0. The van der Waals surface area contributed by atoms with Gasteiger partial charge in [-0.25, -0.2) is 13.4 Å². The normalized spacial score (nSPS) is 12.0. The Bertz CT molecular complexity index is 785. The minimum absolute atomic E-state index is 0.139. The number of rotatable bonds is 4. The van der Waals surface area contributed by atoms with E-state index in [1.54, 1.807) is 54.6 Å². The van der Waals surface area contributed by atoms with Crippen LogP contribution in [0.15, 0.2) is 65.7 Å². The summed E-state index contributed by atoms with van der Waals surface area (Å²) in [7, 11) is -2.28. The summed E-state index contributed by atoms with van der Waals surface area (Å²) in [4.78, 5) is 16.8. The zero-order valence-corrected chi connectivity index (χ0v) is 13.1. The van der Waals surface area contributed by atoms with E-state index in [2.05, 4.69) is 4.99 Å². The van der Waals surface area contributed by atoms with Crippen LogP contribution < -0.4 is 0 Å². The van der Waals surface area contributed by atoms with Crippen molar-refractivity contribution in [3.05, 3.63) is 66.2 Å². The van der Waals surface area contributed by atoms with E-state index in [0.717, 1.165) is 10.6 Å². The maximum Gasteiger partial charge on any atom is 0.233 e. The van der Waals surface area contributed by atoms with Crippen molar-refractivity contribution in [1.29, 1.82) is 0 Å². The smallest absolute Gasteiger partial charge is 0.233 e. The van der Waals surface area contributed by atoms with Crippen molar-refractivity contribution in [3.63, 3.8) is 0 Å². The average molecular weight is 316 g/mol. The van der Waals surface area contributed by atoms with Gasteiger partial charge in [-0.2, -0.15) is 0 Å². The maximum absolute atomic E-state index is 12.6. The molecule has 0 unspecified atom stereocenters. The van der Waals surface area contributed by atoms with Gasteiger partial charge in [0, 0.05) is 12.6 Å². The number of carbonyl (C=O) groups excluding carboxylic acids is 1. The number of para-hydroxylation sites is 1. The molecule has 0 spiro atoms. The number of aliphatic imine (C=N–C) groups is 1. The Morgan fingerprint density at radius 3 is 1.95 bits per heavy atom. The Morgan fingerprint density at radius 2 is 1.45 bits per heavy atom. The molecule has 0 heterocycles. The molecule has 0 radical (unpaired) electrons. The summed E-state index contributed by atoms with van der Waals surface area (Å²) in [5.41, 5.74) is 0.893. The Balaban J connectivity index is 2.52. The molecule has 0 bridgehead atoms. The van der Waals surface area contributed by atoms with E-state index in [1.807, 2.05) is 6.07 Å². The fourth-order valence-corrected chi connectivity index (χ4v) is 2.20. The molecule has 0 aromatic heterocycles. The molecule has 6 heteroatoms. The fourth-order valence-electron chi connectivity index (χ4n) is 1.76. The van der Waals surface area contributed by atoms with Gasteiger partial charge in [0.15, 0.2) is 5.84 Å². The zero-order chi connectivity index (χ0) is 16.2. The number of sulfonamides is 1. The Kier molecular flexibility index (Phi) is 4.72. The van der Waals surface area contributed by atoms with E-state index in [9.17, 15) is 13.2 Å². The lowest BCUT2D eigenvalue weighted by atomic mass is 10.1. The molecular weight excluding hydrogens is 300 g/mol. The van der Waals surface area contributed by atoms with Crippen molar-refractivity contribution in [3.8, 4) is 0 Å².